The highest BCUT2D eigenvalue weighted by Crippen LogP contribution is 2.40. The van der Waals surface area contributed by atoms with Gasteiger partial charge in [0.1, 0.15) is 12.6 Å². The van der Waals surface area contributed by atoms with Gasteiger partial charge in [-0.2, -0.15) is 0 Å². The van der Waals surface area contributed by atoms with Crippen LogP contribution < -0.4 is 15.1 Å². The average Bonchev–Trinajstić information content (AvgIpc) is 2.81. The molecule has 1 atom stereocenters. The number of carbonyl (C=O) groups is 3. The van der Waals surface area contributed by atoms with Gasteiger partial charge in [-0.05, 0) is 88.4 Å². The average molecular weight is 463 g/mol. The molecule has 2 aliphatic rings. The fourth-order valence-corrected chi connectivity index (χ4v) is 5.14. The third-order valence-corrected chi connectivity index (χ3v) is 6.73. The molecule has 0 spiro atoms. The van der Waals surface area contributed by atoms with Crippen molar-refractivity contribution in [1.29, 1.82) is 0 Å². The lowest BCUT2D eigenvalue weighted by molar-refractivity contribution is -0.123. The first-order valence-corrected chi connectivity index (χ1v) is 12.2. The van der Waals surface area contributed by atoms with E-state index < -0.39 is 0 Å². The van der Waals surface area contributed by atoms with Crippen molar-refractivity contribution < 1.29 is 14.4 Å². The molecule has 2 aromatic carbocycles. The van der Waals surface area contributed by atoms with Crippen LogP contribution in [0.25, 0.3) is 0 Å². The van der Waals surface area contributed by atoms with E-state index in [0.29, 0.717) is 24.3 Å². The molecule has 0 unspecified atom stereocenters. The van der Waals surface area contributed by atoms with Gasteiger partial charge in [0.15, 0.2) is 0 Å². The zero-order valence-electron chi connectivity index (χ0n) is 20.6. The number of carbonyl (C=O) groups excluding carboxylic acids is 3. The SMILES string of the molecule is CCN(CC)C(=O)c1ccc2c(c1)N(CC(=O)Nc1cc(C)cc(C)c1)C(=O)[C@H]1CCCCN21. The van der Waals surface area contributed by atoms with Crippen molar-refractivity contribution in [2.45, 2.75) is 53.0 Å². The Hall–Kier alpha value is -3.35. The van der Waals surface area contributed by atoms with E-state index in [-0.39, 0.29) is 30.3 Å². The first-order valence-electron chi connectivity index (χ1n) is 12.2. The first kappa shape index (κ1) is 23.8. The van der Waals surface area contributed by atoms with E-state index in [1.807, 2.05) is 58.0 Å². The van der Waals surface area contributed by atoms with E-state index in [4.69, 9.17) is 0 Å². The molecule has 1 saturated heterocycles. The van der Waals surface area contributed by atoms with Crippen LogP contribution in [0.5, 0.6) is 0 Å². The topological polar surface area (TPSA) is 73.0 Å². The number of anilines is 3. The zero-order valence-corrected chi connectivity index (χ0v) is 20.6. The van der Waals surface area contributed by atoms with Crippen molar-refractivity contribution in [3.8, 4) is 0 Å². The summed E-state index contributed by atoms with van der Waals surface area (Å²) in [5, 5.41) is 2.95. The summed E-state index contributed by atoms with van der Waals surface area (Å²) in [5.74, 6) is -0.398. The first-order chi connectivity index (χ1) is 16.3. The summed E-state index contributed by atoms with van der Waals surface area (Å²) < 4.78 is 0. The largest absolute Gasteiger partial charge is 0.358 e. The molecule has 1 N–H and O–H groups in total. The lowest BCUT2D eigenvalue weighted by Gasteiger charge is -2.45. The molecule has 0 aliphatic carbocycles. The van der Waals surface area contributed by atoms with Gasteiger partial charge in [0.2, 0.25) is 11.8 Å². The standard InChI is InChI=1S/C27H34N4O3/c1-5-29(6-2)26(33)20-10-11-22-24(16-20)31(27(34)23-9-7-8-12-30(22)23)17-25(32)28-21-14-18(3)13-19(4)15-21/h10-11,13-16,23H,5-9,12,17H2,1-4H3,(H,28,32)/t23-/m1/s1. The van der Waals surface area contributed by atoms with Gasteiger partial charge in [0.05, 0.1) is 11.4 Å². The Labute approximate surface area is 201 Å². The Morgan fingerprint density at radius 1 is 1.00 bits per heavy atom. The van der Waals surface area contributed by atoms with E-state index in [1.54, 1.807) is 15.9 Å². The van der Waals surface area contributed by atoms with Gasteiger partial charge in [-0.25, -0.2) is 0 Å². The molecule has 0 radical (unpaired) electrons. The molecule has 7 heteroatoms. The van der Waals surface area contributed by atoms with Crippen molar-refractivity contribution in [3.05, 3.63) is 53.1 Å². The van der Waals surface area contributed by atoms with Crippen molar-refractivity contribution >= 4 is 34.8 Å². The normalized spacial score (nSPS) is 17.2. The van der Waals surface area contributed by atoms with Gasteiger partial charge in [-0.3, -0.25) is 19.3 Å². The molecular weight excluding hydrogens is 428 g/mol. The molecule has 0 aromatic heterocycles. The second kappa shape index (κ2) is 9.87. The van der Waals surface area contributed by atoms with Crippen LogP contribution in [0, 0.1) is 13.8 Å². The number of hydrogen-bond donors (Lipinski definition) is 1. The molecule has 2 aliphatic heterocycles. The summed E-state index contributed by atoms with van der Waals surface area (Å²) in [6, 6.07) is 11.2. The van der Waals surface area contributed by atoms with Crippen LogP contribution in [-0.2, 0) is 9.59 Å². The molecule has 2 heterocycles. The van der Waals surface area contributed by atoms with E-state index in [2.05, 4.69) is 10.2 Å². The highest BCUT2D eigenvalue weighted by molar-refractivity contribution is 6.11. The molecule has 2 aromatic rings. The second-order valence-corrected chi connectivity index (χ2v) is 9.23. The molecule has 0 saturated carbocycles. The van der Waals surface area contributed by atoms with Crippen LogP contribution in [0.4, 0.5) is 17.1 Å². The second-order valence-electron chi connectivity index (χ2n) is 9.23. The van der Waals surface area contributed by atoms with E-state index in [0.717, 1.165) is 48.3 Å². The number of amides is 3. The number of fused-ring (bicyclic) bond motifs is 3. The smallest absolute Gasteiger partial charge is 0.253 e. The zero-order chi connectivity index (χ0) is 24.4. The van der Waals surface area contributed by atoms with Crippen molar-refractivity contribution in [2.75, 3.05) is 41.3 Å². The third kappa shape index (κ3) is 4.65. The van der Waals surface area contributed by atoms with Crippen LogP contribution in [-0.4, -0.2) is 54.8 Å². The molecule has 7 nitrogen and oxygen atoms in total. The predicted molar refractivity (Wildman–Crippen MR) is 136 cm³/mol. The number of benzene rings is 2. The lowest BCUT2D eigenvalue weighted by atomic mass is 9.95. The Bertz CT molecular complexity index is 1090. The molecule has 4 rings (SSSR count). The molecular formula is C27H34N4O3. The minimum Gasteiger partial charge on any atom is -0.358 e. The Morgan fingerprint density at radius 3 is 2.38 bits per heavy atom. The molecule has 3 amide bonds. The minimum absolute atomic E-state index is 0.0688. The quantitative estimate of drug-likeness (QED) is 0.701. The van der Waals surface area contributed by atoms with Gasteiger partial charge in [0, 0.05) is 30.9 Å². The molecule has 34 heavy (non-hydrogen) atoms. The van der Waals surface area contributed by atoms with Crippen LogP contribution in [0.3, 0.4) is 0 Å². The van der Waals surface area contributed by atoms with Gasteiger partial charge in [-0.15, -0.1) is 0 Å². The van der Waals surface area contributed by atoms with E-state index in [1.165, 1.54) is 0 Å². The minimum atomic E-state index is -0.264. The Balaban J connectivity index is 1.67. The highest BCUT2D eigenvalue weighted by Gasteiger charge is 2.40. The lowest BCUT2D eigenvalue weighted by Crippen LogP contribution is -2.56. The molecule has 0 bridgehead atoms. The maximum absolute atomic E-state index is 13.6. The van der Waals surface area contributed by atoms with Crippen LogP contribution in [0.2, 0.25) is 0 Å². The summed E-state index contributed by atoms with van der Waals surface area (Å²) in [6.45, 7) is 9.81. The number of hydrogen-bond acceptors (Lipinski definition) is 4. The number of piperidine rings is 1. The fourth-order valence-electron chi connectivity index (χ4n) is 5.14. The maximum Gasteiger partial charge on any atom is 0.253 e. The van der Waals surface area contributed by atoms with Crippen LogP contribution >= 0.6 is 0 Å². The summed E-state index contributed by atoms with van der Waals surface area (Å²) in [6.07, 6.45) is 2.79. The predicted octanol–water partition coefficient (Wildman–Crippen LogP) is 4.13. The van der Waals surface area contributed by atoms with E-state index >= 15 is 0 Å². The van der Waals surface area contributed by atoms with Gasteiger partial charge >= 0.3 is 0 Å². The fraction of sp³-hybridized carbons (Fsp3) is 0.444. The van der Waals surface area contributed by atoms with Crippen molar-refractivity contribution in [3.63, 3.8) is 0 Å². The number of rotatable bonds is 6. The van der Waals surface area contributed by atoms with E-state index in [9.17, 15) is 14.4 Å². The van der Waals surface area contributed by atoms with Crippen molar-refractivity contribution in [2.24, 2.45) is 0 Å². The molecule has 180 valence electrons. The molecule has 1 fully saturated rings. The number of aryl methyl sites for hydroxylation is 2. The number of nitrogens with one attached hydrogen (secondary N) is 1. The van der Waals surface area contributed by atoms with Crippen LogP contribution in [0.1, 0.15) is 54.6 Å². The highest BCUT2D eigenvalue weighted by atomic mass is 16.2. The van der Waals surface area contributed by atoms with Gasteiger partial charge in [-0.1, -0.05) is 6.07 Å². The number of nitrogens with zero attached hydrogens (tertiary/aromatic N) is 3. The Kier molecular flexibility index (Phi) is 6.91. The maximum atomic E-state index is 13.6. The van der Waals surface area contributed by atoms with Gasteiger partial charge < -0.3 is 15.1 Å². The summed E-state index contributed by atoms with van der Waals surface area (Å²) in [7, 11) is 0. The summed E-state index contributed by atoms with van der Waals surface area (Å²) in [5.41, 5.74) is 4.93. The van der Waals surface area contributed by atoms with Crippen LogP contribution in [0.15, 0.2) is 36.4 Å². The summed E-state index contributed by atoms with van der Waals surface area (Å²) in [4.78, 5) is 45.1. The van der Waals surface area contributed by atoms with Crippen molar-refractivity contribution in [1.82, 2.24) is 4.90 Å². The third-order valence-electron chi connectivity index (χ3n) is 6.73. The summed E-state index contributed by atoms with van der Waals surface area (Å²) >= 11 is 0. The monoisotopic (exact) mass is 462 g/mol. The van der Waals surface area contributed by atoms with Gasteiger partial charge in [0.25, 0.3) is 5.91 Å². The Morgan fingerprint density at radius 2 is 1.71 bits per heavy atom.